The third kappa shape index (κ3) is 6.46. The second-order valence-electron chi connectivity index (χ2n) is 8.71. The Balaban J connectivity index is 2.23. The van der Waals surface area contributed by atoms with Crippen molar-refractivity contribution in [2.24, 2.45) is 0 Å². The van der Waals surface area contributed by atoms with Gasteiger partial charge in [0.25, 0.3) is 11.7 Å². The first-order chi connectivity index (χ1) is 12.5. The van der Waals surface area contributed by atoms with Crippen LogP contribution < -0.4 is 5.32 Å². The van der Waals surface area contributed by atoms with E-state index in [0.717, 1.165) is 32.2 Å². The van der Waals surface area contributed by atoms with E-state index < -0.39 is 5.76 Å². The van der Waals surface area contributed by atoms with Gasteiger partial charge >= 0.3 is 0 Å². The molecule has 2 rings (SSSR count). The van der Waals surface area contributed by atoms with Gasteiger partial charge in [-0.1, -0.05) is 25.1 Å². The standard InChI is InChI=1S/C21H32F2N2OS/c1-6-7-12-25(16-13-20(2,3)24-21(4,5)14-16)18(26)15-8-10-17(11-9-15)27-19(22)23/h8-11,16,19,24H,6-7,12-14H2,1-5H3. The van der Waals surface area contributed by atoms with Crippen LogP contribution in [0.15, 0.2) is 29.2 Å². The summed E-state index contributed by atoms with van der Waals surface area (Å²) >= 11 is 0.502. The molecule has 1 heterocycles. The van der Waals surface area contributed by atoms with Gasteiger partial charge < -0.3 is 10.2 Å². The molecule has 27 heavy (non-hydrogen) atoms. The SMILES string of the molecule is CCCCN(C(=O)c1ccc(SC(F)F)cc1)C1CC(C)(C)NC(C)(C)C1. The molecule has 152 valence electrons. The summed E-state index contributed by atoms with van der Waals surface area (Å²) in [5, 5.41) is 3.67. The van der Waals surface area contributed by atoms with Gasteiger partial charge in [-0.05, 0) is 71.2 Å². The van der Waals surface area contributed by atoms with Crippen LogP contribution in [-0.2, 0) is 0 Å². The molecule has 0 atom stereocenters. The number of nitrogens with zero attached hydrogens (tertiary/aromatic N) is 1. The van der Waals surface area contributed by atoms with Gasteiger partial charge in [-0.2, -0.15) is 8.78 Å². The van der Waals surface area contributed by atoms with Crippen molar-refractivity contribution >= 4 is 17.7 Å². The van der Waals surface area contributed by atoms with Gasteiger partial charge in [0.2, 0.25) is 0 Å². The third-order valence-corrected chi connectivity index (χ3v) is 5.67. The van der Waals surface area contributed by atoms with E-state index in [0.29, 0.717) is 22.2 Å². The lowest BCUT2D eigenvalue weighted by molar-refractivity contribution is 0.0441. The summed E-state index contributed by atoms with van der Waals surface area (Å²) in [5.41, 5.74) is 0.475. The molecule has 1 saturated heterocycles. The average Bonchev–Trinajstić information content (AvgIpc) is 2.52. The fraction of sp³-hybridized carbons (Fsp3) is 0.667. The maximum Gasteiger partial charge on any atom is 0.288 e. The summed E-state index contributed by atoms with van der Waals surface area (Å²) < 4.78 is 25.0. The Morgan fingerprint density at radius 2 is 1.74 bits per heavy atom. The summed E-state index contributed by atoms with van der Waals surface area (Å²) in [6, 6.07) is 6.72. The molecular formula is C21H32F2N2OS. The number of unbranched alkanes of at least 4 members (excludes halogenated alkanes) is 1. The molecule has 1 fully saturated rings. The highest BCUT2D eigenvalue weighted by molar-refractivity contribution is 7.99. The van der Waals surface area contributed by atoms with Gasteiger partial charge in [0.15, 0.2) is 0 Å². The first-order valence-corrected chi connectivity index (χ1v) is 10.6. The molecule has 1 aromatic carbocycles. The Labute approximate surface area is 166 Å². The first kappa shape index (κ1) is 22.2. The summed E-state index contributed by atoms with van der Waals surface area (Å²) in [6.45, 7) is 11.6. The number of thioether (sulfide) groups is 1. The number of hydrogen-bond acceptors (Lipinski definition) is 3. The molecule has 1 aliphatic heterocycles. The molecule has 6 heteroatoms. The second-order valence-corrected chi connectivity index (χ2v) is 9.77. The summed E-state index contributed by atoms with van der Waals surface area (Å²) in [5.74, 6) is -2.46. The van der Waals surface area contributed by atoms with Crippen molar-refractivity contribution in [3.8, 4) is 0 Å². The van der Waals surface area contributed by atoms with Gasteiger partial charge in [0.05, 0.1) is 0 Å². The molecule has 0 saturated carbocycles. The highest BCUT2D eigenvalue weighted by Gasteiger charge is 2.41. The molecule has 1 N–H and O–H groups in total. The predicted octanol–water partition coefficient (Wildman–Crippen LogP) is 5.55. The van der Waals surface area contributed by atoms with Gasteiger partial charge in [-0.3, -0.25) is 4.79 Å². The first-order valence-electron chi connectivity index (χ1n) is 9.68. The Bertz CT molecular complexity index is 616. The van der Waals surface area contributed by atoms with Gasteiger partial charge in [0.1, 0.15) is 0 Å². The van der Waals surface area contributed by atoms with Gasteiger partial charge in [0, 0.05) is 34.1 Å². The van der Waals surface area contributed by atoms with Crippen LogP contribution in [0.25, 0.3) is 0 Å². The van der Waals surface area contributed by atoms with Crippen molar-refractivity contribution in [3.05, 3.63) is 29.8 Å². The van der Waals surface area contributed by atoms with Crippen molar-refractivity contribution in [3.63, 3.8) is 0 Å². The Morgan fingerprint density at radius 3 is 2.22 bits per heavy atom. The zero-order valence-electron chi connectivity index (χ0n) is 17.0. The van der Waals surface area contributed by atoms with E-state index in [-0.39, 0.29) is 23.0 Å². The lowest BCUT2D eigenvalue weighted by Crippen LogP contribution is -2.62. The van der Waals surface area contributed by atoms with Crippen molar-refractivity contribution in [2.45, 2.75) is 88.1 Å². The number of amides is 1. The lowest BCUT2D eigenvalue weighted by atomic mass is 9.78. The van der Waals surface area contributed by atoms with Crippen LogP contribution in [0.2, 0.25) is 0 Å². The number of carbonyl (C=O) groups excluding carboxylic acids is 1. The van der Waals surface area contributed by atoms with E-state index in [1.165, 1.54) is 0 Å². The maximum absolute atomic E-state index is 13.3. The minimum absolute atomic E-state index is 0.00412. The van der Waals surface area contributed by atoms with Crippen LogP contribution in [0.4, 0.5) is 8.78 Å². The van der Waals surface area contributed by atoms with Crippen LogP contribution in [0, 0.1) is 0 Å². The number of halogens is 2. The molecule has 1 aromatic rings. The monoisotopic (exact) mass is 398 g/mol. The summed E-state index contributed by atoms with van der Waals surface area (Å²) in [4.78, 5) is 15.7. The molecule has 1 amide bonds. The predicted molar refractivity (Wildman–Crippen MR) is 109 cm³/mol. The highest BCUT2D eigenvalue weighted by Crippen LogP contribution is 2.33. The number of benzene rings is 1. The van der Waals surface area contributed by atoms with Gasteiger partial charge in [-0.25, -0.2) is 0 Å². The van der Waals surface area contributed by atoms with Crippen LogP contribution in [0.3, 0.4) is 0 Å². The fourth-order valence-electron chi connectivity index (χ4n) is 4.21. The molecule has 0 unspecified atom stereocenters. The Kier molecular flexibility index (Phi) is 7.31. The molecule has 0 radical (unpaired) electrons. The van der Waals surface area contributed by atoms with Crippen LogP contribution in [-0.4, -0.2) is 40.2 Å². The molecule has 3 nitrogen and oxygen atoms in total. The minimum atomic E-state index is -2.45. The van der Waals surface area contributed by atoms with E-state index in [1.54, 1.807) is 24.3 Å². The average molecular weight is 399 g/mol. The van der Waals surface area contributed by atoms with Crippen molar-refractivity contribution < 1.29 is 13.6 Å². The molecule has 0 bridgehead atoms. The number of carbonyl (C=O) groups is 1. The van der Waals surface area contributed by atoms with Crippen LogP contribution >= 0.6 is 11.8 Å². The van der Waals surface area contributed by atoms with Crippen LogP contribution in [0.1, 0.15) is 70.7 Å². The highest BCUT2D eigenvalue weighted by atomic mass is 32.2. The normalized spacial score (nSPS) is 19.3. The topological polar surface area (TPSA) is 32.3 Å². The Hall–Kier alpha value is -1.14. The maximum atomic E-state index is 13.3. The number of rotatable bonds is 7. The quantitative estimate of drug-likeness (QED) is 0.611. The molecule has 1 aliphatic rings. The van der Waals surface area contributed by atoms with E-state index in [4.69, 9.17) is 0 Å². The van der Waals surface area contributed by atoms with Crippen molar-refractivity contribution in [1.82, 2.24) is 10.2 Å². The van der Waals surface area contributed by atoms with E-state index in [9.17, 15) is 13.6 Å². The number of alkyl halides is 2. The fourth-order valence-corrected chi connectivity index (χ4v) is 4.71. The number of hydrogen-bond donors (Lipinski definition) is 1. The zero-order chi connectivity index (χ0) is 20.2. The Morgan fingerprint density at radius 1 is 1.19 bits per heavy atom. The van der Waals surface area contributed by atoms with Crippen LogP contribution in [0.5, 0.6) is 0 Å². The molecule has 0 spiro atoms. The summed E-state index contributed by atoms with van der Waals surface area (Å²) in [7, 11) is 0. The van der Waals surface area contributed by atoms with E-state index >= 15 is 0 Å². The van der Waals surface area contributed by atoms with E-state index in [2.05, 4.69) is 39.9 Å². The molecule has 0 aliphatic carbocycles. The van der Waals surface area contributed by atoms with Gasteiger partial charge in [-0.15, -0.1) is 0 Å². The molecular weight excluding hydrogens is 366 g/mol. The lowest BCUT2D eigenvalue weighted by Gasteiger charge is -2.49. The second kappa shape index (κ2) is 8.91. The number of nitrogens with one attached hydrogen (secondary N) is 1. The van der Waals surface area contributed by atoms with Crippen molar-refractivity contribution in [1.29, 1.82) is 0 Å². The number of piperidine rings is 1. The zero-order valence-corrected chi connectivity index (χ0v) is 17.8. The minimum Gasteiger partial charge on any atom is -0.336 e. The largest absolute Gasteiger partial charge is 0.336 e. The molecule has 0 aromatic heterocycles. The summed E-state index contributed by atoms with van der Waals surface area (Å²) in [6.07, 6.45) is 3.76. The van der Waals surface area contributed by atoms with E-state index in [1.807, 2.05) is 4.90 Å². The smallest absolute Gasteiger partial charge is 0.288 e. The van der Waals surface area contributed by atoms with Crippen molar-refractivity contribution in [2.75, 3.05) is 6.54 Å². The third-order valence-electron chi connectivity index (χ3n) is 4.95.